The smallest absolute Gasteiger partial charge is 0.267 e. The number of rotatable bonds is 3. The molecule has 1 N–H and O–H groups in total. The second kappa shape index (κ2) is 6.09. The summed E-state index contributed by atoms with van der Waals surface area (Å²) < 4.78 is 0. The highest BCUT2D eigenvalue weighted by Crippen LogP contribution is 2.33. The number of Topliss-reactive ketones (excluding diaryl/α,β-unsaturated/α-hetero) is 2. The van der Waals surface area contributed by atoms with Gasteiger partial charge in [-0.15, -0.1) is 0 Å². The Morgan fingerprint density at radius 3 is 2.50 bits per heavy atom. The van der Waals surface area contributed by atoms with Crippen LogP contribution in [0.5, 0.6) is 0 Å². The Morgan fingerprint density at radius 1 is 1.27 bits per heavy atom. The molecule has 0 bridgehead atoms. The molecule has 116 valence electrons. The van der Waals surface area contributed by atoms with E-state index in [4.69, 9.17) is 0 Å². The number of carbonyl (C=O) groups is 2. The van der Waals surface area contributed by atoms with Gasteiger partial charge in [-0.2, -0.15) is 0 Å². The SMILES string of the molecule is CC1(C)CC(=O)C(=CNC2=CC([N+](=O)[O-])=CCC=C2)C(=O)C1. The van der Waals surface area contributed by atoms with Gasteiger partial charge in [0.05, 0.1) is 10.5 Å². The Hall–Kier alpha value is -2.50. The second-order valence-electron chi connectivity index (χ2n) is 6.19. The molecule has 1 fully saturated rings. The number of nitro groups is 1. The Labute approximate surface area is 128 Å². The van der Waals surface area contributed by atoms with Gasteiger partial charge in [0.15, 0.2) is 11.6 Å². The maximum absolute atomic E-state index is 12.0. The molecule has 0 amide bonds. The van der Waals surface area contributed by atoms with Gasteiger partial charge in [-0.3, -0.25) is 19.7 Å². The topological polar surface area (TPSA) is 89.3 Å². The van der Waals surface area contributed by atoms with E-state index in [2.05, 4.69) is 5.32 Å². The van der Waals surface area contributed by atoms with Gasteiger partial charge < -0.3 is 5.32 Å². The van der Waals surface area contributed by atoms with Gasteiger partial charge >= 0.3 is 0 Å². The van der Waals surface area contributed by atoms with Crippen LogP contribution in [0.4, 0.5) is 0 Å². The monoisotopic (exact) mass is 302 g/mol. The lowest BCUT2D eigenvalue weighted by Gasteiger charge is -2.28. The molecule has 0 aromatic carbocycles. The van der Waals surface area contributed by atoms with Gasteiger partial charge in [0.25, 0.3) is 5.70 Å². The lowest BCUT2D eigenvalue weighted by molar-refractivity contribution is -0.419. The summed E-state index contributed by atoms with van der Waals surface area (Å²) >= 11 is 0. The van der Waals surface area contributed by atoms with Crippen LogP contribution in [0.1, 0.15) is 33.1 Å². The fourth-order valence-electron chi connectivity index (χ4n) is 2.46. The van der Waals surface area contributed by atoms with E-state index in [1.165, 1.54) is 18.4 Å². The van der Waals surface area contributed by atoms with Crippen LogP contribution in [-0.4, -0.2) is 16.5 Å². The van der Waals surface area contributed by atoms with Crippen molar-refractivity contribution in [3.8, 4) is 0 Å². The highest BCUT2D eigenvalue weighted by molar-refractivity contribution is 6.22. The predicted molar refractivity (Wildman–Crippen MR) is 81.2 cm³/mol. The summed E-state index contributed by atoms with van der Waals surface area (Å²) in [6.07, 6.45) is 8.79. The van der Waals surface area contributed by atoms with Crippen LogP contribution in [-0.2, 0) is 9.59 Å². The van der Waals surface area contributed by atoms with E-state index < -0.39 is 4.92 Å². The molecule has 6 heteroatoms. The normalized spacial score (nSPS) is 20.9. The number of allylic oxidation sites excluding steroid dienone is 5. The molecule has 0 unspecified atom stereocenters. The van der Waals surface area contributed by atoms with Gasteiger partial charge in [0, 0.05) is 30.8 Å². The zero-order valence-corrected chi connectivity index (χ0v) is 12.6. The molecule has 22 heavy (non-hydrogen) atoms. The van der Waals surface area contributed by atoms with Crippen LogP contribution in [0.3, 0.4) is 0 Å². The van der Waals surface area contributed by atoms with Crippen molar-refractivity contribution in [1.29, 1.82) is 0 Å². The summed E-state index contributed by atoms with van der Waals surface area (Å²) in [5, 5.41) is 13.7. The zero-order chi connectivity index (χ0) is 16.3. The van der Waals surface area contributed by atoms with Crippen molar-refractivity contribution < 1.29 is 14.5 Å². The van der Waals surface area contributed by atoms with E-state index in [1.54, 1.807) is 12.2 Å². The number of nitrogens with zero attached hydrogens (tertiary/aromatic N) is 1. The average Bonchev–Trinajstić information content (AvgIpc) is 2.62. The summed E-state index contributed by atoms with van der Waals surface area (Å²) in [5.41, 5.74) is 0.269. The number of hydrogen-bond donors (Lipinski definition) is 1. The molecule has 2 rings (SSSR count). The third-order valence-electron chi connectivity index (χ3n) is 3.54. The molecule has 0 heterocycles. The summed E-state index contributed by atoms with van der Waals surface area (Å²) in [6, 6.07) is 0. The average molecular weight is 302 g/mol. The molecule has 2 aliphatic carbocycles. The van der Waals surface area contributed by atoms with Crippen LogP contribution < -0.4 is 5.32 Å². The molecule has 0 radical (unpaired) electrons. The highest BCUT2D eigenvalue weighted by atomic mass is 16.6. The number of carbonyl (C=O) groups excluding carboxylic acids is 2. The van der Waals surface area contributed by atoms with Crippen molar-refractivity contribution in [2.24, 2.45) is 5.41 Å². The summed E-state index contributed by atoms with van der Waals surface area (Å²) in [7, 11) is 0. The Morgan fingerprint density at radius 2 is 1.91 bits per heavy atom. The molecular weight excluding hydrogens is 284 g/mol. The minimum atomic E-state index is -0.471. The van der Waals surface area contributed by atoms with E-state index in [1.807, 2.05) is 13.8 Å². The van der Waals surface area contributed by atoms with Crippen molar-refractivity contribution >= 4 is 11.6 Å². The van der Waals surface area contributed by atoms with E-state index in [0.29, 0.717) is 25.0 Å². The third-order valence-corrected chi connectivity index (χ3v) is 3.54. The first-order chi connectivity index (χ1) is 10.3. The van der Waals surface area contributed by atoms with Gasteiger partial charge in [-0.1, -0.05) is 19.9 Å². The molecule has 6 nitrogen and oxygen atoms in total. The van der Waals surface area contributed by atoms with E-state index in [9.17, 15) is 19.7 Å². The number of ketones is 2. The largest absolute Gasteiger partial charge is 0.361 e. The van der Waals surface area contributed by atoms with E-state index in [-0.39, 0.29) is 28.3 Å². The van der Waals surface area contributed by atoms with Crippen molar-refractivity contribution in [3.63, 3.8) is 0 Å². The Kier molecular flexibility index (Phi) is 4.40. The fraction of sp³-hybridized carbons (Fsp3) is 0.375. The van der Waals surface area contributed by atoms with Gasteiger partial charge in [0.1, 0.15) is 0 Å². The van der Waals surface area contributed by atoms with E-state index >= 15 is 0 Å². The summed E-state index contributed by atoms with van der Waals surface area (Å²) in [4.78, 5) is 34.5. The van der Waals surface area contributed by atoms with Crippen LogP contribution in [0.25, 0.3) is 0 Å². The second-order valence-corrected chi connectivity index (χ2v) is 6.19. The third kappa shape index (κ3) is 3.78. The number of nitrogens with one attached hydrogen (secondary N) is 1. The molecule has 0 aromatic rings. The van der Waals surface area contributed by atoms with Gasteiger partial charge in [-0.05, 0) is 24.0 Å². The molecule has 0 atom stereocenters. The minimum Gasteiger partial charge on any atom is -0.361 e. The molecule has 0 aromatic heterocycles. The fourth-order valence-corrected chi connectivity index (χ4v) is 2.46. The van der Waals surface area contributed by atoms with Crippen molar-refractivity contribution in [1.82, 2.24) is 5.32 Å². The van der Waals surface area contributed by atoms with Crippen LogP contribution in [0.15, 0.2) is 47.5 Å². The van der Waals surface area contributed by atoms with Crippen molar-refractivity contribution in [2.45, 2.75) is 33.1 Å². The molecule has 0 spiro atoms. The summed E-state index contributed by atoms with van der Waals surface area (Å²) in [5.74, 6) is -0.394. The standard InChI is InChI=1S/C16H18N2O4/c1-16(2)8-14(19)13(15(20)9-16)10-17-11-5-3-4-6-12(7-11)18(21)22/h3,5-7,10,17H,4,8-9H2,1-2H3. The van der Waals surface area contributed by atoms with Crippen LogP contribution in [0, 0.1) is 15.5 Å². The first kappa shape index (κ1) is 15.9. The molecule has 2 aliphatic rings. The van der Waals surface area contributed by atoms with Crippen LogP contribution in [0.2, 0.25) is 0 Å². The van der Waals surface area contributed by atoms with Crippen LogP contribution >= 0.6 is 0 Å². The lowest BCUT2D eigenvalue weighted by Crippen LogP contribution is -2.32. The van der Waals surface area contributed by atoms with Crippen molar-refractivity contribution in [2.75, 3.05) is 0 Å². The Balaban J connectivity index is 2.17. The molecular formula is C16H18N2O4. The Bertz CT molecular complexity index is 629. The van der Waals surface area contributed by atoms with Crippen molar-refractivity contribution in [3.05, 3.63) is 57.6 Å². The first-order valence-corrected chi connectivity index (χ1v) is 7.04. The highest BCUT2D eigenvalue weighted by Gasteiger charge is 2.35. The van der Waals surface area contributed by atoms with Gasteiger partial charge in [0.2, 0.25) is 0 Å². The molecule has 1 saturated carbocycles. The quantitative estimate of drug-likeness (QED) is 0.374. The lowest BCUT2D eigenvalue weighted by atomic mass is 9.74. The van der Waals surface area contributed by atoms with Gasteiger partial charge in [-0.25, -0.2) is 0 Å². The maximum Gasteiger partial charge on any atom is 0.267 e. The molecule has 0 aliphatic heterocycles. The minimum absolute atomic E-state index is 0.0201. The predicted octanol–water partition coefficient (Wildman–Crippen LogP) is 2.42. The number of hydrogen-bond acceptors (Lipinski definition) is 5. The molecule has 0 saturated heterocycles. The summed E-state index contributed by atoms with van der Waals surface area (Å²) in [6.45, 7) is 3.77. The first-order valence-electron chi connectivity index (χ1n) is 7.04. The maximum atomic E-state index is 12.0. The zero-order valence-electron chi connectivity index (χ0n) is 12.6. The van der Waals surface area contributed by atoms with E-state index in [0.717, 1.165) is 0 Å².